The van der Waals surface area contributed by atoms with Gasteiger partial charge < -0.3 is 11.1 Å². The van der Waals surface area contributed by atoms with Crippen molar-refractivity contribution in [3.05, 3.63) is 11.9 Å². The zero-order chi connectivity index (χ0) is 14.2. The number of nitrogens with one attached hydrogen (secondary N) is 1. The molecule has 0 saturated heterocycles. The van der Waals surface area contributed by atoms with Crippen LogP contribution in [0.1, 0.15) is 55.4 Å². The first-order valence-electron chi connectivity index (χ1n) is 7.68. The number of rotatable bonds is 8. The van der Waals surface area contributed by atoms with Crippen LogP contribution in [0.15, 0.2) is 6.20 Å². The summed E-state index contributed by atoms with van der Waals surface area (Å²) in [5.74, 6) is 0.750. The largest absolute Gasteiger partial charge is 0.351 e. The fourth-order valence-electron chi connectivity index (χ4n) is 2.75. The molecule has 0 bridgehead atoms. The zero-order valence-electron chi connectivity index (χ0n) is 12.1. The lowest BCUT2D eigenvalue weighted by molar-refractivity contribution is 0.0947. The molecule has 6 heteroatoms. The average Bonchev–Trinajstić information content (AvgIpc) is 3.12. The Bertz CT molecular complexity index is 411. The zero-order valence-corrected chi connectivity index (χ0v) is 12.1. The lowest BCUT2D eigenvalue weighted by Gasteiger charge is -2.08. The highest BCUT2D eigenvalue weighted by Gasteiger charge is 2.15. The van der Waals surface area contributed by atoms with Gasteiger partial charge in [-0.3, -0.25) is 9.48 Å². The number of aromatic nitrogens is 3. The highest BCUT2D eigenvalue weighted by atomic mass is 16.2. The number of nitrogens with zero attached hydrogens (tertiary/aromatic N) is 3. The molecule has 0 spiro atoms. The van der Waals surface area contributed by atoms with Gasteiger partial charge in [-0.2, -0.15) is 0 Å². The molecule has 20 heavy (non-hydrogen) atoms. The van der Waals surface area contributed by atoms with Crippen LogP contribution >= 0.6 is 0 Å². The van der Waals surface area contributed by atoms with Gasteiger partial charge in [0.2, 0.25) is 0 Å². The van der Waals surface area contributed by atoms with E-state index in [0.29, 0.717) is 18.8 Å². The van der Waals surface area contributed by atoms with Crippen LogP contribution in [-0.2, 0) is 6.54 Å². The Balaban J connectivity index is 1.64. The van der Waals surface area contributed by atoms with Crippen molar-refractivity contribution < 1.29 is 4.79 Å². The second kappa shape index (κ2) is 7.99. The smallest absolute Gasteiger partial charge is 0.273 e. The molecule has 0 aromatic carbocycles. The maximum Gasteiger partial charge on any atom is 0.273 e. The minimum Gasteiger partial charge on any atom is -0.351 e. The van der Waals surface area contributed by atoms with Crippen molar-refractivity contribution in [2.45, 2.75) is 51.5 Å². The van der Waals surface area contributed by atoms with E-state index in [4.69, 9.17) is 5.73 Å². The molecule has 1 aromatic rings. The first kappa shape index (κ1) is 15.0. The standard InChI is InChI=1S/C14H25N5O/c15-8-4-10-19-11-13(17-18-19)14(20)16-9-3-7-12-5-1-2-6-12/h11-12H,1-10,15H2,(H,16,20). The summed E-state index contributed by atoms with van der Waals surface area (Å²) in [6.45, 7) is 2.05. The first-order chi connectivity index (χ1) is 9.79. The van der Waals surface area contributed by atoms with Gasteiger partial charge in [-0.25, -0.2) is 0 Å². The van der Waals surface area contributed by atoms with Crippen LogP contribution in [-0.4, -0.2) is 34.0 Å². The number of hydrogen-bond acceptors (Lipinski definition) is 4. The molecule has 1 aromatic heterocycles. The van der Waals surface area contributed by atoms with E-state index in [1.807, 2.05) is 0 Å². The van der Waals surface area contributed by atoms with Gasteiger partial charge in [0, 0.05) is 13.1 Å². The van der Waals surface area contributed by atoms with Gasteiger partial charge in [-0.05, 0) is 31.7 Å². The Kier molecular flexibility index (Phi) is 5.98. The molecular formula is C14H25N5O. The Morgan fingerprint density at radius 1 is 1.40 bits per heavy atom. The fourth-order valence-corrected chi connectivity index (χ4v) is 2.75. The molecular weight excluding hydrogens is 254 g/mol. The molecule has 3 N–H and O–H groups in total. The van der Waals surface area contributed by atoms with Crippen molar-refractivity contribution >= 4 is 5.91 Å². The second-order valence-electron chi connectivity index (χ2n) is 5.56. The van der Waals surface area contributed by atoms with E-state index < -0.39 is 0 Å². The summed E-state index contributed by atoms with van der Waals surface area (Å²) in [5.41, 5.74) is 5.83. The Morgan fingerprint density at radius 2 is 2.20 bits per heavy atom. The van der Waals surface area contributed by atoms with Gasteiger partial charge in [0.05, 0.1) is 6.20 Å². The van der Waals surface area contributed by atoms with E-state index in [0.717, 1.165) is 25.3 Å². The van der Waals surface area contributed by atoms with Crippen molar-refractivity contribution in [1.29, 1.82) is 0 Å². The molecule has 0 atom stereocenters. The Morgan fingerprint density at radius 3 is 2.95 bits per heavy atom. The number of carbonyl (C=O) groups excluding carboxylic acids is 1. The molecule has 1 saturated carbocycles. The highest BCUT2D eigenvalue weighted by Crippen LogP contribution is 2.28. The quantitative estimate of drug-likeness (QED) is 0.703. The maximum atomic E-state index is 11.9. The van der Waals surface area contributed by atoms with Gasteiger partial charge >= 0.3 is 0 Å². The summed E-state index contributed by atoms with van der Waals surface area (Å²) in [6, 6.07) is 0. The predicted octanol–water partition coefficient (Wildman–Crippen LogP) is 1.33. The van der Waals surface area contributed by atoms with Crippen LogP contribution in [0.2, 0.25) is 0 Å². The normalized spacial score (nSPS) is 15.7. The summed E-state index contributed by atoms with van der Waals surface area (Å²) >= 11 is 0. The van der Waals surface area contributed by atoms with Crippen LogP contribution < -0.4 is 11.1 Å². The Labute approximate surface area is 120 Å². The third kappa shape index (κ3) is 4.59. The van der Waals surface area contributed by atoms with Crippen LogP contribution in [0.25, 0.3) is 0 Å². The molecule has 1 aliphatic carbocycles. The average molecular weight is 279 g/mol. The summed E-state index contributed by atoms with van der Waals surface area (Å²) < 4.78 is 1.67. The van der Waals surface area contributed by atoms with Crippen molar-refractivity contribution in [3.63, 3.8) is 0 Å². The molecule has 0 radical (unpaired) electrons. The second-order valence-corrected chi connectivity index (χ2v) is 5.56. The van der Waals surface area contributed by atoms with E-state index in [1.54, 1.807) is 10.9 Å². The van der Waals surface area contributed by atoms with E-state index in [1.165, 1.54) is 32.1 Å². The number of amides is 1. The van der Waals surface area contributed by atoms with Crippen LogP contribution in [0, 0.1) is 5.92 Å². The van der Waals surface area contributed by atoms with E-state index >= 15 is 0 Å². The third-order valence-corrected chi connectivity index (χ3v) is 3.91. The van der Waals surface area contributed by atoms with Crippen LogP contribution in [0.4, 0.5) is 0 Å². The lowest BCUT2D eigenvalue weighted by atomic mass is 10.0. The highest BCUT2D eigenvalue weighted by molar-refractivity contribution is 5.91. The summed E-state index contributed by atoms with van der Waals surface area (Å²) in [6.07, 6.45) is 10.3. The number of hydrogen-bond donors (Lipinski definition) is 2. The van der Waals surface area contributed by atoms with Gasteiger partial charge in [-0.15, -0.1) is 5.10 Å². The predicted molar refractivity (Wildman–Crippen MR) is 77.2 cm³/mol. The molecule has 1 heterocycles. The fraction of sp³-hybridized carbons (Fsp3) is 0.786. The minimum atomic E-state index is -0.129. The van der Waals surface area contributed by atoms with Crippen molar-refractivity contribution in [2.24, 2.45) is 11.7 Å². The van der Waals surface area contributed by atoms with Crippen molar-refractivity contribution in [2.75, 3.05) is 13.1 Å². The van der Waals surface area contributed by atoms with Crippen molar-refractivity contribution in [1.82, 2.24) is 20.3 Å². The molecule has 1 aliphatic rings. The summed E-state index contributed by atoms with van der Waals surface area (Å²) in [5, 5.41) is 10.7. The number of aryl methyl sites for hydroxylation is 1. The number of carbonyl (C=O) groups is 1. The molecule has 0 aliphatic heterocycles. The monoisotopic (exact) mass is 279 g/mol. The molecule has 6 nitrogen and oxygen atoms in total. The summed E-state index contributed by atoms with van der Waals surface area (Å²) in [4.78, 5) is 11.9. The van der Waals surface area contributed by atoms with Gasteiger partial charge in [0.15, 0.2) is 5.69 Å². The molecule has 1 amide bonds. The van der Waals surface area contributed by atoms with Gasteiger partial charge in [0.1, 0.15) is 0 Å². The van der Waals surface area contributed by atoms with Crippen LogP contribution in [0.5, 0.6) is 0 Å². The molecule has 2 rings (SSSR count). The molecule has 1 fully saturated rings. The van der Waals surface area contributed by atoms with Gasteiger partial charge in [0.25, 0.3) is 5.91 Å². The third-order valence-electron chi connectivity index (χ3n) is 3.91. The van der Waals surface area contributed by atoms with Crippen molar-refractivity contribution in [3.8, 4) is 0 Å². The lowest BCUT2D eigenvalue weighted by Crippen LogP contribution is -2.25. The molecule has 0 unspecified atom stereocenters. The maximum absolute atomic E-state index is 11.9. The van der Waals surface area contributed by atoms with E-state index in [2.05, 4.69) is 15.6 Å². The van der Waals surface area contributed by atoms with E-state index in [-0.39, 0.29) is 5.91 Å². The first-order valence-corrected chi connectivity index (χ1v) is 7.68. The SMILES string of the molecule is NCCCn1cc(C(=O)NCCCC2CCCC2)nn1. The van der Waals surface area contributed by atoms with Gasteiger partial charge in [-0.1, -0.05) is 30.9 Å². The van der Waals surface area contributed by atoms with Crippen LogP contribution in [0.3, 0.4) is 0 Å². The Hall–Kier alpha value is -1.43. The summed E-state index contributed by atoms with van der Waals surface area (Å²) in [7, 11) is 0. The number of nitrogens with two attached hydrogens (primary N) is 1. The topological polar surface area (TPSA) is 85.8 Å². The minimum absolute atomic E-state index is 0.129. The van der Waals surface area contributed by atoms with E-state index in [9.17, 15) is 4.79 Å². The molecule has 112 valence electrons.